The molecule has 1 N–H and O–H groups in total. The first kappa shape index (κ1) is 24.3. The molecule has 0 radical (unpaired) electrons. The van der Waals surface area contributed by atoms with Crippen LogP contribution in [-0.4, -0.2) is 33.8 Å². The number of carbonyl (C=O) groups excluding carboxylic acids is 1. The highest BCUT2D eigenvalue weighted by Crippen LogP contribution is 2.38. The number of hydrogen-bond acceptors (Lipinski definition) is 4. The van der Waals surface area contributed by atoms with Gasteiger partial charge < -0.3 is 19.5 Å². The maximum Gasteiger partial charge on any atom is 0.243 e. The third-order valence-corrected chi connectivity index (χ3v) is 4.17. The summed E-state index contributed by atoms with van der Waals surface area (Å²) in [5, 5.41) is 2.85. The topological polar surface area (TPSA) is 56.8 Å². The van der Waals surface area contributed by atoms with Gasteiger partial charge in [-0.05, 0) is 49.3 Å². The van der Waals surface area contributed by atoms with Gasteiger partial charge in [-0.2, -0.15) is 0 Å². The Labute approximate surface area is 175 Å². The Balaban J connectivity index is 2.33. The molecule has 0 spiro atoms. The summed E-state index contributed by atoms with van der Waals surface area (Å²) < 4.78 is 16.1. The number of carbonyl (C=O) groups is 1. The van der Waals surface area contributed by atoms with Crippen LogP contribution in [0.2, 0.25) is 0 Å². The van der Waals surface area contributed by atoms with Crippen molar-refractivity contribution >= 4 is 5.91 Å². The Bertz CT molecular complexity index is 680. The highest BCUT2D eigenvalue weighted by molar-refractivity contribution is 5.87. The molecule has 1 amide bonds. The lowest BCUT2D eigenvalue weighted by atomic mass is 10.1. The van der Waals surface area contributed by atoms with E-state index in [1.165, 1.54) is 0 Å². The van der Waals surface area contributed by atoms with Gasteiger partial charge >= 0.3 is 0 Å². The summed E-state index contributed by atoms with van der Waals surface area (Å²) in [6.07, 6.45) is 15.6. The van der Waals surface area contributed by atoms with Crippen LogP contribution in [0.4, 0.5) is 0 Å². The van der Waals surface area contributed by atoms with Gasteiger partial charge in [0.05, 0.1) is 21.3 Å². The molecule has 160 valence electrons. The number of allylic oxidation sites excluding steroid dienone is 5. The van der Waals surface area contributed by atoms with E-state index in [0.717, 1.165) is 31.2 Å². The molecule has 0 aromatic heterocycles. The van der Waals surface area contributed by atoms with Crippen LogP contribution < -0.4 is 19.5 Å². The lowest BCUT2D eigenvalue weighted by Gasteiger charge is -2.13. The minimum absolute atomic E-state index is 0.0434. The lowest BCUT2D eigenvalue weighted by molar-refractivity contribution is -0.116. The van der Waals surface area contributed by atoms with Crippen LogP contribution in [0.15, 0.2) is 48.6 Å². The first-order valence-corrected chi connectivity index (χ1v) is 10.1. The maximum absolute atomic E-state index is 11.5. The van der Waals surface area contributed by atoms with E-state index >= 15 is 0 Å². The minimum atomic E-state index is -0.0434. The third kappa shape index (κ3) is 9.88. The van der Waals surface area contributed by atoms with E-state index in [4.69, 9.17) is 14.2 Å². The number of nitrogens with one attached hydrogen (secondary N) is 1. The van der Waals surface area contributed by atoms with Crippen LogP contribution in [0.5, 0.6) is 17.2 Å². The van der Waals surface area contributed by atoms with Crippen LogP contribution in [0.3, 0.4) is 0 Å². The Morgan fingerprint density at radius 1 is 0.966 bits per heavy atom. The largest absolute Gasteiger partial charge is 0.493 e. The van der Waals surface area contributed by atoms with Gasteiger partial charge in [-0.15, -0.1) is 0 Å². The molecule has 0 aliphatic heterocycles. The van der Waals surface area contributed by atoms with Crippen molar-refractivity contribution in [3.8, 4) is 17.2 Å². The van der Waals surface area contributed by atoms with Crippen molar-refractivity contribution in [3.63, 3.8) is 0 Å². The molecule has 0 atom stereocenters. The van der Waals surface area contributed by atoms with Crippen molar-refractivity contribution in [3.05, 3.63) is 54.2 Å². The molecule has 0 saturated heterocycles. The van der Waals surface area contributed by atoms with Crippen molar-refractivity contribution in [1.82, 2.24) is 5.32 Å². The van der Waals surface area contributed by atoms with E-state index in [9.17, 15) is 4.79 Å². The number of rotatable bonds is 13. The molecular formula is C24H35NO4. The van der Waals surface area contributed by atoms with Gasteiger partial charge in [0.15, 0.2) is 11.5 Å². The molecule has 0 heterocycles. The third-order valence-electron chi connectivity index (χ3n) is 4.17. The number of unbranched alkanes of at least 4 members (excludes halogenated alkanes) is 2. The average Bonchev–Trinajstić information content (AvgIpc) is 2.72. The van der Waals surface area contributed by atoms with E-state index in [-0.39, 0.29) is 5.91 Å². The molecule has 0 bridgehead atoms. The first-order valence-electron chi connectivity index (χ1n) is 10.1. The molecular weight excluding hydrogens is 366 g/mol. The Morgan fingerprint density at radius 2 is 1.62 bits per heavy atom. The predicted octanol–water partition coefficient (Wildman–Crippen LogP) is 4.87. The van der Waals surface area contributed by atoms with E-state index in [0.29, 0.717) is 29.7 Å². The molecule has 5 heteroatoms. The smallest absolute Gasteiger partial charge is 0.243 e. The highest BCUT2D eigenvalue weighted by Gasteiger charge is 2.12. The van der Waals surface area contributed by atoms with Gasteiger partial charge in [0.1, 0.15) is 0 Å². The normalized spacial score (nSPS) is 11.7. The summed E-state index contributed by atoms with van der Waals surface area (Å²) in [6.45, 7) is 4.85. The fourth-order valence-electron chi connectivity index (χ4n) is 2.63. The number of amides is 1. The number of hydrogen-bond donors (Lipinski definition) is 1. The fourth-order valence-corrected chi connectivity index (χ4v) is 2.63. The van der Waals surface area contributed by atoms with Crippen molar-refractivity contribution in [2.24, 2.45) is 5.92 Å². The van der Waals surface area contributed by atoms with Gasteiger partial charge in [0, 0.05) is 12.6 Å². The summed E-state index contributed by atoms with van der Waals surface area (Å²) in [7, 11) is 4.85. The fraction of sp³-hybridized carbons (Fsp3) is 0.458. The molecule has 0 aliphatic carbocycles. The zero-order valence-electron chi connectivity index (χ0n) is 18.4. The second-order valence-electron chi connectivity index (χ2n) is 7.07. The van der Waals surface area contributed by atoms with Gasteiger partial charge in [-0.3, -0.25) is 4.79 Å². The van der Waals surface area contributed by atoms with Gasteiger partial charge in [0.2, 0.25) is 11.7 Å². The summed E-state index contributed by atoms with van der Waals surface area (Å²) >= 11 is 0. The molecule has 0 aliphatic rings. The summed E-state index contributed by atoms with van der Waals surface area (Å²) in [4.78, 5) is 11.5. The van der Waals surface area contributed by atoms with Gasteiger partial charge in [0.25, 0.3) is 0 Å². The highest BCUT2D eigenvalue weighted by atomic mass is 16.5. The first-order chi connectivity index (χ1) is 14.0. The van der Waals surface area contributed by atoms with Crippen LogP contribution in [-0.2, 0) is 11.2 Å². The predicted molar refractivity (Wildman–Crippen MR) is 119 cm³/mol. The molecule has 0 saturated carbocycles. The zero-order chi connectivity index (χ0) is 21.5. The molecule has 5 nitrogen and oxygen atoms in total. The molecule has 29 heavy (non-hydrogen) atoms. The quantitative estimate of drug-likeness (QED) is 0.222. The van der Waals surface area contributed by atoms with E-state index in [1.54, 1.807) is 33.5 Å². The summed E-state index contributed by atoms with van der Waals surface area (Å²) in [6, 6.07) is 3.94. The number of ether oxygens (including phenoxy) is 3. The second kappa shape index (κ2) is 14.3. The van der Waals surface area contributed by atoms with Crippen LogP contribution in [0.1, 0.15) is 38.7 Å². The van der Waals surface area contributed by atoms with Crippen LogP contribution in [0.25, 0.3) is 0 Å². The van der Waals surface area contributed by atoms with Gasteiger partial charge in [-0.1, -0.05) is 44.2 Å². The number of benzene rings is 1. The zero-order valence-corrected chi connectivity index (χ0v) is 18.4. The molecule has 1 rings (SSSR count). The van der Waals surface area contributed by atoms with Crippen molar-refractivity contribution in [1.29, 1.82) is 0 Å². The molecule has 0 unspecified atom stereocenters. The second-order valence-corrected chi connectivity index (χ2v) is 7.07. The monoisotopic (exact) mass is 401 g/mol. The van der Waals surface area contributed by atoms with E-state index in [1.807, 2.05) is 18.2 Å². The minimum Gasteiger partial charge on any atom is -0.493 e. The Hall–Kier alpha value is -2.69. The average molecular weight is 402 g/mol. The summed E-state index contributed by atoms with van der Waals surface area (Å²) in [5.74, 6) is 2.38. The van der Waals surface area contributed by atoms with Crippen molar-refractivity contribution in [2.45, 2.75) is 39.5 Å². The number of methoxy groups -OCH3 is 3. The SMILES string of the molecule is COc1cc(C/C=C/CCC/C=C/C=C/C(=O)NCC(C)C)cc(OC)c1OC. The van der Waals surface area contributed by atoms with Crippen LogP contribution >= 0.6 is 0 Å². The Morgan fingerprint density at radius 3 is 2.21 bits per heavy atom. The van der Waals surface area contributed by atoms with Gasteiger partial charge in [-0.25, -0.2) is 0 Å². The molecule has 0 fully saturated rings. The maximum atomic E-state index is 11.5. The van der Waals surface area contributed by atoms with E-state index < -0.39 is 0 Å². The van der Waals surface area contributed by atoms with Crippen molar-refractivity contribution in [2.75, 3.05) is 27.9 Å². The lowest BCUT2D eigenvalue weighted by Crippen LogP contribution is -2.25. The Kier molecular flexibility index (Phi) is 12.0. The van der Waals surface area contributed by atoms with Crippen molar-refractivity contribution < 1.29 is 19.0 Å². The summed E-state index contributed by atoms with van der Waals surface area (Å²) in [5.41, 5.74) is 1.11. The molecule has 1 aromatic rings. The van der Waals surface area contributed by atoms with E-state index in [2.05, 4.69) is 37.4 Å². The molecule has 1 aromatic carbocycles. The van der Waals surface area contributed by atoms with Crippen LogP contribution in [0, 0.1) is 5.92 Å². The standard InChI is InChI=1S/C24H35NO4/c1-19(2)18-25-23(26)15-13-11-9-7-6-8-10-12-14-20-16-21(27-3)24(29-5)22(17-20)28-4/h9-13,15-17,19H,6-8,14,18H2,1-5H3,(H,25,26)/b11-9+,12-10+,15-13+.